The largest absolute Gasteiger partial charge is 0.508 e. The Morgan fingerprint density at radius 2 is 1.78 bits per heavy atom. The van der Waals surface area contributed by atoms with Gasteiger partial charge in [0.05, 0.1) is 30.2 Å². The monoisotopic (exact) mass is 438 g/mol. The van der Waals surface area contributed by atoms with Crippen LogP contribution in [0.5, 0.6) is 5.75 Å². The van der Waals surface area contributed by atoms with E-state index in [1.807, 2.05) is 0 Å². The number of carbonyl (C=O) groups excluding carboxylic acids is 1. The number of fused-ring (bicyclic) bond motifs is 2. The molecule has 2 aromatic carbocycles. The van der Waals surface area contributed by atoms with Crippen LogP contribution in [-0.4, -0.2) is 60.2 Å². The van der Waals surface area contributed by atoms with Crippen molar-refractivity contribution in [1.29, 1.82) is 0 Å². The van der Waals surface area contributed by atoms with Gasteiger partial charge < -0.3 is 19.2 Å². The molecule has 0 aliphatic carbocycles. The van der Waals surface area contributed by atoms with Gasteiger partial charge in [-0.05, 0) is 42.3 Å². The standard InChI is InChI=1S/C24H23FN2O5/c25-16-4-7-19-18(14-16)22(29)20-21(15-2-5-17(28)6-3-15)27(24(30)23(20)32-19)9-1-8-26-10-12-31-13-11-26/h2-7,14,21,28H,1,8-13H2/t21-/m0/s1. The van der Waals surface area contributed by atoms with Crippen molar-refractivity contribution in [2.45, 2.75) is 12.5 Å². The van der Waals surface area contributed by atoms with E-state index >= 15 is 0 Å². The SMILES string of the molecule is O=C1c2oc3ccc(F)cc3c(=O)c2[C@H](c2ccc(O)cc2)N1CCCN1CCOCC1. The molecule has 7 nitrogen and oxygen atoms in total. The summed E-state index contributed by atoms with van der Waals surface area (Å²) < 4.78 is 25.0. The van der Waals surface area contributed by atoms with Crippen LogP contribution in [-0.2, 0) is 4.74 Å². The molecule has 1 saturated heterocycles. The maximum absolute atomic E-state index is 13.8. The van der Waals surface area contributed by atoms with E-state index in [1.54, 1.807) is 17.0 Å². The Morgan fingerprint density at radius 1 is 1.03 bits per heavy atom. The van der Waals surface area contributed by atoms with Crippen LogP contribution < -0.4 is 5.43 Å². The fraction of sp³-hybridized carbons (Fsp3) is 0.333. The van der Waals surface area contributed by atoms with Crippen molar-refractivity contribution in [3.63, 3.8) is 0 Å². The summed E-state index contributed by atoms with van der Waals surface area (Å²) in [6.45, 7) is 4.34. The number of morpholine rings is 1. The normalized spacial score (nSPS) is 19.0. The highest BCUT2D eigenvalue weighted by Crippen LogP contribution is 2.38. The minimum atomic E-state index is -0.660. The number of hydrogen-bond donors (Lipinski definition) is 1. The second-order valence-electron chi connectivity index (χ2n) is 8.11. The maximum Gasteiger partial charge on any atom is 0.290 e. The van der Waals surface area contributed by atoms with Crippen LogP contribution >= 0.6 is 0 Å². The molecule has 8 heteroatoms. The van der Waals surface area contributed by atoms with Gasteiger partial charge in [0.1, 0.15) is 17.1 Å². The van der Waals surface area contributed by atoms with Crippen molar-refractivity contribution in [2.75, 3.05) is 39.4 Å². The highest BCUT2D eigenvalue weighted by molar-refractivity contribution is 5.99. The minimum absolute atomic E-state index is 0.00134. The van der Waals surface area contributed by atoms with Gasteiger partial charge in [-0.15, -0.1) is 0 Å². The molecule has 2 aliphatic rings. The lowest BCUT2D eigenvalue weighted by Gasteiger charge is -2.29. The number of aromatic hydroxyl groups is 1. The van der Waals surface area contributed by atoms with E-state index in [4.69, 9.17) is 9.15 Å². The van der Waals surface area contributed by atoms with E-state index < -0.39 is 17.3 Å². The quantitative estimate of drug-likeness (QED) is 0.660. The molecule has 5 rings (SSSR count). The second kappa shape index (κ2) is 8.37. The Kier molecular flexibility index (Phi) is 5.40. The third-order valence-corrected chi connectivity index (χ3v) is 6.11. The Morgan fingerprint density at radius 3 is 2.53 bits per heavy atom. The van der Waals surface area contributed by atoms with Crippen molar-refractivity contribution in [3.8, 4) is 5.75 Å². The number of phenols is 1. The van der Waals surface area contributed by atoms with Crippen molar-refractivity contribution in [1.82, 2.24) is 9.80 Å². The lowest BCUT2D eigenvalue weighted by atomic mass is 9.98. The molecule has 32 heavy (non-hydrogen) atoms. The first-order valence-electron chi connectivity index (χ1n) is 10.7. The molecular weight excluding hydrogens is 415 g/mol. The van der Waals surface area contributed by atoms with E-state index in [0.29, 0.717) is 25.3 Å². The number of ether oxygens (including phenoxy) is 1. The first-order valence-corrected chi connectivity index (χ1v) is 10.7. The molecule has 2 aliphatic heterocycles. The molecule has 1 aromatic heterocycles. The smallest absolute Gasteiger partial charge is 0.290 e. The predicted octanol–water partition coefficient (Wildman–Crippen LogP) is 2.91. The zero-order valence-electron chi connectivity index (χ0n) is 17.4. The summed E-state index contributed by atoms with van der Waals surface area (Å²) in [7, 11) is 0. The van der Waals surface area contributed by atoms with E-state index in [9.17, 15) is 19.1 Å². The zero-order valence-corrected chi connectivity index (χ0v) is 17.4. The summed E-state index contributed by atoms with van der Waals surface area (Å²) >= 11 is 0. The Bertz CT molecular complexity index is 1220. The molecule has 0 saturated carbocycles. The van der Waals surface area contributed by atoms with E-state index in [-0.39, 0.29) is 33.9 Å². The fourth-order valence-electron chi connectivity index (χ4n) is 4.52. The van der Waals surface area contributed by atoms with E-state index in [0.717, 1.165) is 32.1 Å². The Labute approximate surface area is 183 Å². The Balaban J connectivity index is 1.53. The fourth-order valence-corrected chi connectivity index (χ4v) is 4.52. The summed E-state index contributed by atoms with van der Waals surface area (Å²) in [4.78, 5) is 30.6. The van der Waals surface area contributed by atoms with Crippen LogP contribution in [0.15, 0.2) is 51.7 Å². The zero-order chi connectivity index (χ0) is 22.2. The molecule has 166 valence electrons. The molecule has 0 radical (unpaired) electrons. The lowest BCUT2D eigenvalue weighted by Crippen LogP contribution is -2.38. The van der Waals surface area contributed by atoms with Gasteiger partial charge in [0.2, 0.25) is 5.76 Å². The molecule has 1 N–H and O–H groups in total. The molecular formula is C24H23FN2O5. The first kappa shape index (κ1) is 20.7. The number of halogens is 1. The number of amides is 1. The van der Waals surface area contributed by atoms with Gasteiger partial charge in [0.25, 0.3) is 5.91 Å². The molecule has 0 bridgehead atoms. The average molecular weight is 438 g/mol. The van der Waals surface area contributed by atoms with Gasteiger partial charge >= 0.3 is 0 Å². The van der Waals surface area contributed by atoms with Crippen LogP contribution in [0, 0.1) is 5.82 Å². The van der Waals surface area contributed by atoms with Crippen molar-refractivity contribution in [3.05, 3.63) is 75.4 Å². The van der Waals surface area contributed by atoms with E-state index in [1.165, 1.54) is 24.3 Å². The van der Waals surface area contributed by atoms with Crippen LogP contribution in [0.2, 0.25) is 0 Å². The third kappa shape index (κ3) is 3.65. The van der Waals surface area contributed by atoms with Crippen LogP contribution in [0.1, 0.15) is 34.1 Å². The number of hydrogen-bond acceptors (Lipinski definition) is 6. The summed E-state index contributed by atoms with van der Waals surface area (Å²) in [5, 5.41) is 9.81. The predicted molar refractivity (Wildman–Crippen MR) is 115 cm³/mol. The van der Waals surface area contributed by atoms with Crippen molar-refractivity contribution < 1.29 is 23.4 Å². The van der Waals surface area contributed by atoms with Gasteiger partial charge in [0, 0.05) is 26.2 Å². The topological polar surface area (TPSA) is 83.2 Å². The van der Waals surface area contributed by atoms with Crippen LogP contribution in [0.3, 0.4) is 0 Å². The molecule has 1 fully saturated rings. The summed E-state index contributed by atoms with van der Waals surface area (Å²) in [6, 6.07) is 9.47. The van der Waals surface area contributed by atoms with Crippen molar-refractivity contribution in [2.24, 2.45) is 0 Å². The van der Waals surface area contributed by atoms with Gasteiger partial charge in [0.15, 0.2) is 5.43 Å². The van der Waals surface area contributed by atoms with Gasteiger partial charge in [-0.2, -0.15) is 0 Å². The highest BCUT2D eigenvalue weighted by atomic mass is 19.1. The van der Waals surface area contributed by atoms with E-state index in [2.05, 4.69) is 4.90 Å². The van der Waals surface area contributed by atoms with Crippen LogP contribution in [0.4, 0.5) is 4.39 Å². The van der Waals surface area contributed by atoms with Crippen LogP contribution in [0.25, 0.3) is 11.0 Å². The molecule has 3 aromatic rings. The first-order chi connectivity index (χ1) is 15.5. The van der Waals surface area contributed by atoms with Crippen molar-refractivity contribution >= 4 is 16.9 Å². The summed E-state index contributed by atoms with van der Waals surface area (Å²) in [6.07, 6.45) is 0.719. The van der Waals surface area contributed by atoms with Gasteiger partial charge in [-0.3, -0.25) is 14.5 Å². The van der Waals surface area contributed by atoms with Gasteiger partial charge in [-0.1, -0.05) is 12.1 Å². The molecule has 0 spiro atoms. The molecule has 1 atom stereocenters. The summed E-state index contributed by atoms with van der Waals surface area (Å²) in [5.74, 6) is -0.815. The number of nitrogens with zero attached hydrogens (tertiary/aromatic N) is 2. The number of benzene rings is 2. The molecule has 3 heterocycles. The average Bonchev–Trinajstić information content (AvgIpc) is 3.08. The maximum atomic E-state index is 13.8. The molecule has 1 amide bonds. The number of phenolic OH excluding ortho intramolecular Hbond substituents is 1. The Hall–Kier alpha value is -3.23. The highest BCUT2D eigenvalue weighted by Gasteiger charge is 2.42. The number of carbonyl (C=O) groups is 1. The molecule has 0 unspecified atom stereocenters. The summed E-state index contributed by atoms with van der Waals surface area (Å²) in [5.41, 5.74) is 0.667. The number of rotatable bonds is 5. The lowest BCUT2D eigenvalue weighted by molar-refractivity contribution is 0.0353. The minimum Gasteiger partial charge on any atom is -0.508 e. The van der Waals surface area contributed by atoms with Gasteiger partial charge in [-0.25, -0.2) is 4.39 Å². The second-order valence-corrected chi connectivity index (χ2v) is 8.11. The third-order valence-electron chi connectivity index (χ3n) is 6.11.